The second-order valence-electron chi connectivity index (χ2n) is 12.3. The molecule has 9 heteroatoms. The van der Waals surface area contributed by atoms with Crippen LogP contribution in [0, 0.1) is 11.8 Å². The molecule has 2 bridgehead atoms. The quantitative estimate of drug-likeness (QED) is 0.172. The maximum Gasteiger partial charge on any atom is 0.247 e. The highest BCUT2D eigenvalue weighted by atomic mass is 32.2. The molecular weight excluding hydrogens is 574 g/mol. The summed E-state index contributed by atoms with van der Waals surface area (Å²) >= 11 is 1.72. The molecule has 3 amide bonds. The number of carbonyl (C=O) groups is 3. The predicted octanol–water partition coefficient (Wildman–Crippen LogP) is 5.45. The Morgan fingerprint density at radius 1 is 1.11 bits per heavy atom. The van der Waals surface area contributed by atoms with Gasteiger partial charge in [0.15, 0.2) is 0 Å². The molecular formula is C35H51N3O5S. The molecule has 1 N–H and O–H groups in total. The Morgan fingerprint density at radius 2 is 1.82 bits per heavy atom. The molecule has 8 nitrogen and oxygen atoms in total. The zero-order chi connectivity index (χ0) is 31.9. The number of amides is 3. The lowest BCUT2D eigenvalue weighted by molar-refractivity contribution is -0.143. The first kappa shape index (κ1) is 34.1. The van der Waals surface area contributed by atoms with Crippen LogP contribution < -0.4 is 9.64 Å². The zero-order valence-electron chi connectivity index (χ0n) is 26.8. The summed E-state index contributed by atoms with van der Waals surface area (Å²) in [6.07, 6.45) is 10.1. The molecule has 0 saturated carbocycles. The monoisotopic (exact) mass is 625 g/mol. The molecule has 6 atom stereocenters. The Morgan fingerprint density at radius 3 is 2.45 bits per heavy atom. The third-order valence-corrected chi connectivity index (χ3v) is 11.5. The van der Waals surface area contributed by atoms with Crippen LogP contribution in [-0.2, 0) is 14.4 Å². The number of unbranched alkanes of at least 4 members (excludes halogenated alkanes) is 3. The number of rotatable bonds is 18. The first-order valence-electron chi connectivity index (χ1n) is 16.4. The van der Waals surface area contributed by atoms with E-state index in [1.807, 2.05) is 41.0 Å². The second-order valence-corrected chi connectivity index (χ2v) is 13.9. The van der Waals surface area contributed by atoms with Gasteiger partial charge in [-0.2, -0.15) is 0 Å². The fraction of sp³-hybridized carbons (Fsp3) is 0.629. The van der Waals surface area contributed by atoms with Gasteiger partial charge in [0.2, 0.25) is 17.7 Å². The van der Waals surface area contributed by atoms with Crippen LogP contribution in [0.2, 0.25) is 0 Å². The largest absolute Gasteiger partial charge is 0.494 e. The zero-order valence-corrected chi connectivity index (χ0v) is 27.6. The molecule has 3 heterocycles. The van der Waals surface area contributed by atoms with Crippen molar-refractivity contribution in [2.24, 2.45) is 11.8 Å². The molecule has 3 unspecified atom stereocenters. The van der Waals surface area contributed by atoms with E-state index in [2.05, 4.69) is 27.0 Å². The fourth-order valence-electron chi connectivity index (χ4n) is 7.58. The highest BCUT2D eigenvalue weighted by Crippen LogP contribution is 2.66. The maximum atomic E-state index is 14.6. The highest BCUT2D eigenvalue weighted by molar-refractivity contribution is 8.02. The van der Waals surface area contributed by atoms with Gasteiger partial charge in [0.05, 0.1) is 23.2 Å². The van der Waals surface area contributed by atoms with E-state index < -0.39 is 22.6 Å². The minimum Gasteiger partial charge on any atom is -0.494 e. The first-order chi connectivity index (χ1) is 21.3. The van der Waals surface area contributed by atoms with Crippen molar-refractivity contribution in [1.82, 2.24) is 9.80 Å². The van der Waals surface area contributed by atoms with Crippen LogP contribution in [0.25, 0.3) is 0 Å². The van der Waals surface area contributed by atoms with E-state index in [1.54, 1.807) is 28.8 Å². The molecule has 242 valence electrons. The van der Waals surface area contributed by atoms with Gasteiger partial charge in [0, 0.05) is 43.2 Å². The van der Waals surface area contributed by atoms with Crippen LogP contribution in [0.5, 0.6) is 5.75 Å². The van der Waals surface area contributed by atoms with Gasteiger partial charge in [-0.25, -0.2) is 0 Å². The van der Waals surface area contributed by atoms with Gasteiger partial charge in [-0.3, -0.25) is 14.4 Å². The lowest BCUT2D eigenvalue weighted by Gasteiger charge is -2.39. The van der Waals surface area contributed by atoms with Crippen molar-refractivity contribution in [3.05, 3.63) is 49.6 Å². The van der Waals surface area contributed by atoms with Gasteiger partial charge in [-0.1, -0.05) is 38.3 Å². The number of fused-ring (bicyclic) bond motifs is 1. The highest BCUT2D eigenvalue weighted by Gasteiger charge is 2.74. The van der Waals surface area contributed by atoms with E-state index in [9.17, 15) is 19.5 Å². The normalized spacial score (nSPS) is 25.9. The van der Waals surface area contributed by atoms with E-state index >= 15 is 0 Å². The average Bonchev–Trinajstić information content (AvgIpc) is 3.66. The number of anilines is 1. The Labute approximate surface area is 267 Å². The van der Waals surface area contributed by atoms with Crippen LogP contribution in [-0.4, -0.2) is 87.6 Å². The fourth-order valence-corrected chi connectivity index (χ4v) is 9.79. The van der Waals surface area contributed by atoms with Gasteiger partial charge in [-0.15, -0.1) is 24.9 Å². The minimum absolute atomic E-state index is 0.0191. The Bertz CT molecular complexity index is 1180. The maximum absolute atomic E-state index is 14.6. The summed E-state index contributed by atoms with van der Waals surface area (Å²) in [5, 5.41) is 9.21. The molecule has 0 aromatic heterocycles. The Hall–Kier alpha value is -2.78. The third kappa shape index (κ3) is 6.59. The van der Waals surface area contributed by atoms with Gasteiger partial charge in [0.25, 0.3) is 0 Å². The molecule has 3 fully saturated rings. The Balaban J connectivity index is 1.69. The second kappa shape index (κ2) is 15.5. The van der Waals surface area contributed by atoms with E-state index in [1.165, 1.54) is 0 Å². The number of carbonyl (C=O) groups excluding carboxylic acids is 3. The number of aliphatic hydroxyl groups is 1. The lowest BCUT2D eigenvalue weighted by Crippen LogP contribution is -2.56. The molecule has 1 aromatic carbocycles. The molecule has 0 aliphatic carbocycles. The number of aliphatic hydroxyl groups excluding tert-OH is 1. The molecule has 3 aliphatic rings. The Kier molecular flexibility index (Phi) is 12.0. The third-order valence-electron chi connectivity index (χ3n) is 9.51. The predicted molar refractivity (Wildman–Crippen MR) is 178 cm³/mol. The molecule has 1 aromatic rings. The van der Waals surface area contributed by atoms with Crippen LogP contribution in [0.3, 0.4) is 0 Å². The van der Waals surface area contributed by atoms with Crippen molar-refractivity contribution in [3.63, 3.8) is 0 Å². The van der Waals surface area contributed by atoms with E-state index in [-0.39, 0.29) is 35.6 Å². The summed E-state index contributed by atoms with van der Waals surface area (Å²) in [6, 6.07) is 6.89. The van der Waals surface area contributed by atoms with Crippen molar-refractivity contribution in [1.29, 1.82) is 0 Å². The van der Waals surface area contributed by atoms with Gasteiger partial charge >= 0.3 is 0 Å². The number of likely N-dealkylation sites (tertiary alicyclic amines) is 1. The van der Waals surface area contributed by atoms with E-state index in [0.29, 0.717) is 26.2 Å². The van der Waals surface area contributed by atoms with Crippen LogP contribution in [0.4, 0.5) is 5.69 Å². The van der Waals surface area contributed by atoms with Gasteiger partial charge in [-0.05, 0) is 70.2 Å². The SMILES string of the molecule is C=CCN(C(=O)[C@@H]1[C@@H]2CCC3(S2)C(C(=O)N(CC=C)C(C)CCC)N(CCCCCCO)C(=O)[C@H]13)c1ccc(OCC)cc1. The van der Waals surface area contributed by atoms with Crippen LogP contribution in [0.15, 0.2) is 49.6 Å². The summed E-state index contributed by atoms with van der Waals surface area (Å²) in [5.41, 5.74) is 0.740. The van der Waals surface area contributed by atoms with Crippen LogP contribution in [0.1, 0.15) is 72.1 Å². The van der Waals surface area contributed by atoms with Crippen molar-refractivity contribution >= 4 is 35.2 Å². The molecule has 1 spiro atoms. The van der Waals surface area contributed by atoms with Crippen molar-refractivity contribution < 1.29 is 24.2 Å². The smallest absolute Gasteiger partial charge is 0.247 e. The molecule has 4 rings (SSSR count). The number of thioether (sulfide) groups is 1. The van der Waals surface area contributed by atoms with Crippen molar-refractivity contribution in [3.8, 4) is 5.75 Å². The van der Waals surface area contributed by atoms with Crippen molar-refractivity contribution in [2.75, 3.05) is 37.7 Å². The van der Waals surface area contributed by atoms with Crippen LogP contribution >= 0.6 is 11.8 Å². The van der Waals surface area contributed by atoms with E-state index in [4.69, 9.17) is 4.74 Å². The number of benzene rings is 1. The van der Waals surface area contributed by atoms with Crippen molar-refractivity contribution in [2.45, 2.75) is 94.2 Å². The number of nitrogens with zero attached hydrogens (tertiary/aromatic N) is 3. The number of hydrogen-bond acceptors (Lipinski definition) is 6. The lowest BCUT2D eigenvalue weighted by atomic mass is 9.70. The van der Waals surface area contributed by atoms with E-state index in [0.717, 1.165) is 62.8 Å². The molecule has 0 radical (unpaired) electrons. The number of hydrogen-bond donors (Lipinski definition) is 1. The molecule has 44 heavy (non-hydrogen) atoms. The summed E-state index contributed by atoms with van der Waals surface area (Å²) < 4.78 is 4.98. The first-order valence-corrected chi connectivity index (χ1v) is 17.3. The summed E-state index contributed by atoms with van der Waals surface area (Å²) in [4.78, 5) is 49.1. The summed E-state index contributed by atoms with van der Waals surface area (Å²) in [5.74, 6) is -0.487. The molecule has 3 aliphatic heterocycles. The minimum atomic E-state index is -0.631. The number of ether oxygens (including phenoxy) is 1. The summed E-state index contributed by atoms with van der Waals surface area (Å²) in [6.45, 7) is 15.9. The topological polar surface area (TPSA) is 90.4 Å². The average molecular weight is 626 g/mol. The van der Waals surface area contributed by atoms with Gasteiger partial charge < -0.3 is 24.5 Å². The molecule has 3 saturated heterocycles. The van der Waals surface area contributed by atoms with Gasteiger partial charge in [0.1, 0.15) is 11.8 Å². The summed E-state index contributed by atoms with van der Waals surface area (Å²) in [7, 11) is 0. The standard InChI is InChI=1S/C35H51N3O5S/c1-6-14-25(5)36(21-7-2)34(42)31-35-20-19-28(44-35)29(30(35)33(41)38(31)23-12-10-11-13-24-39)32(40)37(22-8-3)26-15-17-27(18-16-26)43-9-4/h7-8,15-18,25,28-31,39H,2-3,6,9-14,19-24H2,1,4-5H3/t25?,28-,29+,30-,31?,35?/m0/s1.